The standard InChI is InChI=1S/C18H21N3O4S/c1-20(7-6-12-4-5-14(24-2)15(10-12)25-3)16(22)13-11-19-18-21(17(13)23)8-9-26-18/h4-5,10-11H,6-9H2,1-3H3. The second-order valence-electron chi connectivity index (χ2n) is 5.93. The molecule has 1 amide bonds. The summed E-state index contributed by atoms with van der Waals surface area (Å²) in [4.78, 5) is 30.9. The van der Waals surface area contributed by atoms with E-state index >= 15 is 0 Å². The van der Waals surface area contributed by atoms with Crippen molar-refractivity contribution in [3.05, 3.63) is 45.9 Å². The Labute approximate surface area is 155 Å². The molecule has 0 saturated heterocycles. The number of thioether (sulfide) groups is 1. The van der Waals surface area contributed by atoms with E-state index in [1.807, 2.05) is 18.2 Å². The summed E-state index contributed by atoms with van der Waals surface area (Å²) in [5.74, 6) is 1.82. The maximum Gasteiger partial charge on any atom is 0.267 e. The van der Waals surface area contributed by atoms with Crippen molar-refractivity contribution in [2.24, 2.45) is 0 Å². The van der Waals surface area contributed by atoms with Gasteiger partial charge in [-0.1, -0.05) is 17.8 Å². The average molecular weight is 375 g/mol. The molecular formula is C18H21N3O4S. The minimum atomic E-state index is -0.310. The minimum absolute atomic E-state index is 0.117. The Kier molecular flexibility index (Phi) is 5.51. The van der Waals surface area contributed by atoms with Crippen molar-refractivity contribution in [2.45, 2.75) is 18.1 Å². The molecule has 26 heavy (non-hydrogen) atoms. The van der Waals surface area contributed by atoms with Crippen LogP contribution in [0.25, 0.3) is 0 Å². The smallest absolute Gasteiger partial charge is 0.267 e. The molecule has 0 spiro atoms. The zero-order valence-electron chi connectivity index (χ0n) is 15.0. The molecule has 0 fully saturated rings. The van der Waals surface area contributed by atoms with Crippen LogP contribution in [0.3, 0.4) is 0 Å². The predicted molar refractivity (Wildman–Crippen MR) is 99.4 cm³/mol. The number of methoxy groups -OCH3 is 2. The monoisotopic (exact) mass is 375 g/mol. The Bertz CT molecular complexity index is 881. The molecule has 2 heterocycles. The SMILES string of the molecule is COc1ccc(CCN(C)C(=O)c2cnc3n(c2=O)CCS3)cc1OC. The summed E-state index contributed by atoms with van der Waals surface area (Å²) >= 11 is 1.53. The third-order valence-electron chi connectivity index (χ3n) is 4.32. The molecule has 1 aliphatic rings. The van der Waals surface area contributed by atoms with Gasteiger partial charge in [-0.15, -0.1) is 0 Å². The van der Waals surface area contributed by atoms with Gasteiger partial charge in [0, 0.05) is 32.1 Å². The number of hydrogen-bond donors (Lipinski definition) is 0. The summed E-state index contributed by atoms with van der Waals surface area (Å²) < 4.78 is 12.1. The Hall–Kier alpha value is -2.48. The van der Waals surface area contributed by atoms with Crippen molar-refractivity contribution < 1.29 is 14.3 Å². The Morgan fingerprint density at radius 3 is 2.81 bits per heavy atom. The van der Waals surface area contributed by atoms with Gasteiger partial charge in [0.15, 0.2) is 16.7 Å². The Balaban J connectivity index is 1.70. The summed E-state index contributed by atoms with van der Waals surface area (Å²) in [6, 6.07) is 5.66. The zero-order chi connectivity index (χ0) is 18.7. The minimum Gasteiger partial charge on any atom is -0.493 e. The van der Waals surface area contributed by atoms with Crippen LogP contribution in [-0.2, 0) is 13.0 Å². The Morgan fingerprint density at radius 2 is 2.08 bits per heavy atom. The van der Waals surface area contributed by atoms with E-state index in [1.165, 1.54) is 18.0 Å². The first kappa shape index (κ1) is 18.3. The number of fused-ring (bicyclic) bond motifs is 1. The van der Waals surface area contributed by atoms with Crippen LogP contribution in [0.5, 0.6) is 11.5 Å². The summed E-state index contributed by atoms with van der Waals surface area (Å²) in [6.45, 7) is 1.08. The van der Waals surface area contributed by atoms with Gasteiger partial charge in [-0.3, -0.25) is 14.2 Å². The van der Waals surface area contributed by atoms with E-state index < -0.39 is 0 Å². The predicted octanol–water partition coefficient (Wildman–Crippen LogP) is 1.68. The number of carbonyl (C=O) groups is 1. The van der Waals surface area contributed by atoms with Gasteiger partial charge in [-0.25, -0.2) is 4.98 Å². The van der Waals surface area contributed by atoms with Crippen molar-refractivity contribution in [1.29, 1.82) is 0 Å². The average Bonchev–Trinajstić information content (AvgIpc) is 3.15. The molecule has 1 aromatic carbocycles. The number of aromatic nitrogens is 2. The number of ether oxygens (including phenoxy) is 2. The molecule has 0 radical (unpaired) electrons. The van der Waals surface area contributed by atoms with Crippen molar-refractivity contribution in [3.63, 3.8) is 0 Å². The second kappa shape index (κ2) is 7.82. The molecule has 2 aromatic rings. The summed E-state index contributed by atoms with van der Waals surface area (Å²) in [5, 5.41) is 0.680. The third kappa shape index (κ3) is 3.55. The van der Waals surface area contributed by atoms with E-state index in [0.29, 0.717) is 36.2 Å². The molecule has 1 aromatic heterocycles. The van der Waals surface area contributed by atoms with Crippen LogP contribution >= 0.6 is 11.8 Å². The van der Waals surface area contributed by atoms with Gasteiger partial charge >= 0.3 is 0 Å². The van der Waals surface area contributed by atoms with Crippen LogP contribution in [-0.4, -0.2) is 53.9 Å². The maximum absolute atomic E-state index is 12.6. The second-order valence-corrected chi connectivity index (χ2v) is 6.99. The molecule has 7 nitrogen and oxygen atoms in total. The van der Waals surface area contributed by atoms with Gasteiger partial charge in [0.2, 0.25) is 0 Å². The van der Waals surface area contributed by atoms with Crippen molar-refractivity contribution in [3.8, 4) is 11.5 Å². The van der Waals surface area contributed by atoms with Crippen LogP contribution in [0.4, 0.5) is 0 Å². The van der Waals surface area contributed by atoms with E-state index in [9.17, 15) is 9.59 Å². The first-order valence-electron chi connectivity index (χ1n) is 8.24. The Morgan fingerprint density at radius 1 is 1.31 bits per heavy atom. The van der Waals surface area contributed by atoms with Crippen molar-refractivity contribution >= 4 is 17.7 Å². The van der Waals surface area contributed by atoms with Gasteiger partial charge in [-0.2, -0.15) is 0 Å². The molecule has 1 aliphatic heterocycles. The number of amides is 1. The van der Waals surface area contributed by atoms with E-state index in [4.69, 9.17) is 9.47 Å². The fourth-order valence-corrected chi connectivity index (χ4v) is 3.72. The lowest BCUT2D eigenvalue weighted by atomic mass is 10.1. The van der Waals surface area contributed by atoms with Crippen LogP contribution in [0.2, 0.25) is 0 Å². The van der Waals surface area contributed by atoms with Gasteiger partial charge in [0.05, 0.1) is 14.2 Å². The quantitative estimate of drug-likeness (QED) is 0.716. The highest BCUT2D eigenvalue weighted by Gasteiger charge is 2.22. The summed E-state index contributed by atoms with van der Waals surface area (Å²) in [7, 11) is 4.87. The molecule has 0 bridgehead atoms. The number of carbonyl (C=O) groups excluding carboxylic acids is 1. The number of rotatable bonds is 6. The normalized spacial score (nSPS) is 12.6. The van der Waals surface area contributed by atoms with Crippen molar-refractivity contribution in [1.82, 2.24) is 14.5 Å². The number of benzene rings is 1. The largest absolute Gasteiger partial charge is 0.493 e. The topological polar surface area (TPSA) is 73.7 Å². The lowest BCUT2D eigenvalue weighted by Crippen LogP contribution is -2.35. The van der Waals surface area contributed by atoms with Gasteiger partial charge < -0.3 is 14.4 Å². The number of nitrogens with zero attached hydrogens (tertiary/aromatic N) is 3. The van der Waals surface area contributed by atoms with E-state index in [-0.39, 0.29) is 17.0 Å². The van der Waals surface area contributed by atoms with Gasteiger partial charge in [-0.05, 0) is 24.1 Å². The molecule has 3 rings (SSSR count). The highest BCUT2D eigenvalue weighted by molar-refractivity contribution is 7.99. The molecular weight excluding hydrogens is 354 g/mol. The molecule has 8 heteroatoms. The molecule has 138 valence electrons. The van der Waals surface area contributed by atoms with Gasteiger partial charge in [0.25, 0.3) is 11.5 Å². The van der Waals surface area contributed by atoms with E-state index in [1.54, 1.807) is 30.7 Å². The molecule has 0 atom stereocenters. The van der Waals surface area contributed by atoms with Crippen molar-refractivity contribution in [2.75, 3.05) is 33.6 Å². The highest BCUT2D eigenvalue weighted by Crippen LogP contribution is 2.27. The lowest BCUT2D eigenvalue weighted by molar-refractivity contribution is 0.0793. The zero-order valence-corrected chi connectivity index (χ0v) is 15.8. The maximum atomic E-state index is 12.6. The molecule has 0 unspecified atom stereocenters. The lowest BCUT2D eigenvalue weighted by Gasteiger charge is -2.17. The first-order chi connectivity index (χ1) is 12.5. The summed E-state index contributed by atoms with van der Waals surface area (Å²) in [6.07, 6.45) is 2.03. The van der Waals surface area contributed by atoms with Crippen LogP contribution in [0.1, 0.15) is 15.9 Å². The van der Waals surface area contributed by atoms with E-state index in [0.717, 1.165) is 11.3 Å². The van der Waals surface area contributed by atoms with Crippen LogP contribution in [0.15, 0.2) is 34.3 Å². The highest BCUT2D eigenvalue weighted by atomic mass is 32.2. The number of likely N-dealkylation sites (N-methyl/N-ethyl adjacent to an activating group) is 1. The van der Waals surface area contributed by atoms with Crippen LogP contribution < -0.4 is 15.0 Å². The van der Waals surface area contributed by atoms with E-state index in [2.05, 4.69) is 4.98 Å². The fourth-order valence-electron chi connectivity index (χ4n) is 2.80. The fraction of sp³-hybridized carbons (Fsp3) is 0.389. The first-order valence-corrected chi connectivity index (χ1v) is 9.22. The van der Waals surface area contributed by atoms with Crippen LogP contribution in [0, 0.1) is 0 Å². The number of hydrogen-bond acceptors (Lipinski definition) is 6. The van der Waals surface area contributed by atoms with Gasteiger partial charge in [0.1, 0.15) is 5.56 Å². The molecule has 0 saturated carbocycles. The molecule has 0 N–H and O–H groups in total. The molecule has 0 aliphatic carbocycles. The third-order valence-corrected chi connectivity index (χ3v) is 5.29. The summed E-state index contributed by atoms with van der Waals surface area (Å²) in [5.41, 5.74) is 0.872.